The van der Waals surface area contributed by atoms with Crippen LogP contribution in [0.5, 0.6) is 0 Å². The second-order valence-electron chi connectivity index (χ2n) is 5.78. The molecule has 0 amide bonds. The van der Waals surface area contributed by atoms with E-state index in [4.69, 9.17) is 0 Å². The van der Waals surface area contributed by atoms with Crippen LogP contribution in [0.1, 0.15) is 25.7 Å². The molecule has 0 unspecified atom stereocenters. The van der Waals surface area contributed by atoms with Gasteiger partial charge in [0, 0.05) is 31.3 Å². The summed E-state index contributed by atoms with van der Waals surface area (Å²) in [7, 11) is -1.16. The van der Waals surface area contributed by atoms with E-state index in [0.29, 0.717) is 12.6 Å². The van der Waals surface area contributed by atoms with Gasteiger partial charge in [-0.3, -0.25) is 4.99 Å². The van der Waals surface area contributed by atoms with Crippen LogP contribution in [0, 0.1) is 5.41 Å². The SMILES string of the molecule is CN=C(NCC1(CS(C)(=O)=O)CC1)NC1CC=CC1.I. The van der Waals surface area contributed by atoms with Gasteiger partial charge in [0.05, 0.1) is 5.75 Å². The Hall–Kier alpha value is -0.310. The zero-order valence-corrected chi connectivity index (χ0v) is 15.2. The number of halogens is 1. The smallest absolute Gasteiger partial charge is 0.191 e. The maximum absolute atomic E-state index is 11.4. The van der Waals surface area contributed by atoms with Crippen molar-refractivity contribution >= 4 is 39.8 Å². The maximum Gasteiger partial charge on any atom is 0.191 e. The molecule has 0 spiro atoms. The Morgan fingerprint density at radius 3 is 2.40 bits per heavy atom. The van der Waals surface area contributed by atoms with Crippen LogP contribution in [0.2, 0.25) is 0 Å². The van der Waals surface area contributed by atoms with Crippen molar-refractivity contribution in [3.8, 4) is 0 Å². The summed E-state index contributed by atoms with van der Waals surface area (Å²) in [5.41, 5.74) is -0.0703. The number of hydrogen-bond acceptors (Lipinski definition) is 3. The fourth-order valence-corrected chi connectivity index (χ4v) is 4.00. The predicted octanol–water partition coefficient (Wildman–Crippen LogP) is 1.31. The van der Waals surface area contributed by atoms with Crippen LogP contribution >= 0.6 is 24.0 Å². The number of rotatable bonds is 5. The van der Waals surface area contributed by atoms with Gasteiger partial charge in [-0.2, -0.15) is 0 Å². The molecule has 0 saturated heterocycles. The second kappa shape index (κ2) is 7.11. The molecular weight excluding hydrogens is 389 g/mol. The minimum Gasteiger partial charge on any atom is -0.356 e. The molecule has 1 fully saturated rings. The van der Waals surface area contributed by atoms with E-state index in [1.54, 1.807) is 7.05 Å². The minimum atomic E-state index is -2.91. The molecule has 0 aromatic heterocycles. The highest BCUT2D eigenvalue weighted by Gasteiger charge is 2.45. The largest absolute Gasteiger partial charge is 0.356 e. The van der Waals surface area contributed by atoms with Crippen LogP contribution in [0.3, 0.4) is 0 Å². The Bertz CT molecular complexity index is 476. The average Bonchev–Trinajstić information content (AvgIpc) is 2.88. The van der Waals surface area contributed by atoms with Gasteiger partial charge in [0.1, 0.15) is 9.84 Å². The van der Waals surface area contributed by atoms with Crippen molar-refractivity contribution in [2.24, 2.45) is 10.4 Å². The van der Waals surface area contributed by atoms with Crippen LogP contribution in [-0.2, 0) is 9.84 Å². The normalized spacial score (nSPS) is 21.4. The van der Waals surface area contributed by atoms with Gasteiger partial charge in [0.2, 0.25) is 0 Å². The summed E-state index contributed by atoms with van der Waals surface area (Å²) in [6.07, 6.45) is 9.65. The highest BCUT2D eigenvalue weighted by molar-refractivity contribution is 14.0. The lowest BCUT2D eigenvalue weighted by Crippen LogP contribution is -2.45. The van der Waals surface area contributed by atoms with Gasteiger partial charge in [-0.25, -0.2) is 8.42 Å². The first-order valence-corrected chi connectivity index (χ1v) is 8.78. The molecule has 5 nitrogen and oxygen atoms in total. The zero-order valence-electron chi connectivity index (χ0n) is 12.1. The number of hydrogen-bond donors (Lipinski definition) is 2. The third-order valence-electron chi connectivity index (χ3n) is 3.73. The van der Waals surface area contributed by atoms with Crippen LogP contribution in [0.4, 0.5) is 0 Å². The fourth-order valence-electron chi connectivity index (χ4n) is 2.50. The van der Waals surface area contributed by atoms with Gasteiger partial charge >= 0.3 is 0 Å². The molecule has 0 aromatic rings. The van der Waals surface area contributed by atoms with E-state index in [0.717, 1.165) is 31.6 Å². The molecule has 2 aliphatic carbocycles. The molecule has 1 saturated carbocycles. The Morgan fingerprint density at radius 2 is 1.95 bits per heavy atom. The lowest BCUT2D eigenvalue weighted by atomic mass is 10.1. The van der Waals surface area contributed by atoms with Crippen molar-refractivity contribution in [1.82, 2.24) is 10.6 Å². The summed E-state index contributed by atoms with van der Waals surface area (Å²) >= 11 is 0. The first-order valence-electron chi connectivity index (χ1n) is 6.72. The van der Waals surface area contributed by atoms with Crippen molar-refractivity contribution < 1.29 is 8.42 Å². The molecule has 2 N–H and O–H groups in total. The number of nitrogens with zero attached hydrogens (tertiary/aromatic N) is 1. The van der Waals surface area contributed by atoms with Crippen LogP contribution < -0.4 is 10.6 Å². The quantitative estimate of drug-likeness (QED) is 0.309. The monoisotopic (exact) mass is 413 g/mol. The van der Waals surface area contributed by atoms with Gasteiger partial charge in [-0.15, -0.1) is 24.0 Å². The van der Waals surface area contributed by atoms with Gasteiger partial charge in [0.25, 0.3) is 0 Å². The first-order chi connectivity index (χ1) is 8.92. The van der Waals surface area contributed by atoms with Crippen LogP contribution in [0.15, 0.2) is 17.1 Å². The number of guanidine groups is 1. The van der Waals surface area contributed by atoms with E-state index in [1.807, 2.05) is 0 Å². The topological polar surface area (TPSA) is 70.6 Å². The fraction of sp³-hybridized carbons (Fsp3) is 0.769. The summed E-state index contributed by atoms with van der Waals surface area (Å²) < 4.78 is 22.8. The van der Waals surface area contributed by atoms with Crippen LogP contribution in [-0.4, -0.2) is 46.0 Å². The van der Waals surface area contributed by atoms with Crippen molar-refractivity contribution in [2.45, 2.75) is 31.7 Å². The number of sulfone groups is 1. The lowest BCUT2D eigenvalue weighted by molar-refractivity contribution is 0.524. The summed E-state index contributed by atoms with van der Waals surface area (Å²) in [5, 5.41) is 6.62. The summed E-state index contributed by atoms with van der Waals surface area (Å²) in [6, 6.07) is 0.413. The van der Waals surface area contributed by atoms with Crippen molar-refractivity contribution in [1.29, 1.82) is 0 Å². The first kappa shape index (κ1) is 17.7. The van der Waals surface area contributed by atoms with Crippen LogP contribution in [0.25, 0.3) is 0 Å². The highest BCUT2D eigenvalue weighted by atomic mass is 127. The third-order valence-corrected chi connectivity index (χ3v) is 4.87. The van der Waals surface area contributed by atoms with E-state index < -0.39 is 9.84 Å². The van der Waals surface area contributed by atoms with E-state index in [2.05, 4.69) is 27.8 Å². The molecule has 116 valence electrons. The third kappa shape index (κ3) is 5.59. The summed E-state index contributed by atoms with van der Waals surface area (Å²) in [4.78, 5) is 4.20. The Labute approximate surface area is 138 Å². The lowest BCUT2D eigenvalue weighted by Gasteiger charge is -2.20. The van der Waals surface area contributed by atoms with Crippen molar-refractivity contribution in [3.63, 3.8) is 0 Å². The molecule has 0 aliphatic heterocycles. The Kier molecular flexibility index (Phi) is 6.30. The number of nitrogens with one attached hydrogen (secondary N) is 2. The standard InChI is InChI=1S/C13H23N3O2S.HI/c1-14-12(16-11-5-3-4-6-11)15-9-13(7-8-13)10-19(2,17)18;/h3-4,11H,5-10H2,1-2H3,(H2,14,15,16);1H. The molecule has 0 radical (unpaired) electrons. The molecule has 0 aromatic carbocycles. The summed E-state index contributed by atoms with van der Waals surface area (Å²) in [5.74, 6) is 1.04. The molecule has 0 heterocycles. The van der Waals surface area contributed by atoms with Crippen molar-refractivity contribution in [3.05, 3.63) is 12.2 Å². The van der Waals surface area contributed by atoms with E-state index in [-0.39, 0.29) is 35.1 Å². The Balaban J connectivity index is 0.00000200. The maximum atomic E-state index is 11.4. The Morgan fingerprint density at radius 1 is 1.35 bits per heavy atom. The summed E-state index contributed by atoms with van der Waals surface area (Å²) in [6.45, 7) is 0.680. The molecule has 2 rings (SSSR count). The molecule has 2 aliphatic rings. The van der Waals surface area contributed by atoms with E-state index in [1.165, 1.54) is 6.26 Å². The second-order valence-corrected chi connectivity index (χ2v) is 7.92. The van der Waals surface area contributed by atoms with E-state index in [9.17, 15) is 8.42 Å². The minimum absolute atomic E-state index is 0. The average molecular weight is 413 g/mol. The molecule has 7 heteroatoms. The zero-order chi connectivity index (χ0) is 13.9. The molecule has 0 atom stereocenters. The predicted molar refractivity (Wildman–Crippen MR) is 93.5 cm³/mol. The molecule has 20 heavy (non-hydrogen) atoms. The number of aliphatic imine (C=N–C) groups is 1. The van der Waals surface area contributed by atoms with Gasteiger partial charge < -0.3 is 10.6 Å². The van der Waals surface area contributed by atoms with Crippen molar-refractivity contribution in [2.75, 3.05) is 25.6 Å². The van der Waals surface area contributed by atoms with Gasteiger partial charge in [0.15, 0.2) is 5.96 Å². The molecular formula is C13H24IN3O2S. The highest BCUT2D eigenvalue weighted by Crippen LogP contribution is 2.45. The van der Waals surface area contributed by atoms with E-state index >= 15 is 0 Å². The van der Waals surface area contributed by atoms with Gasteiger partial charge in [-0.1, -0.05) is 12.2 Å². The molecule has 0 bridgehead atoms. The van der Waals surface area contributed by atoms with Gasteiger partial charge in [-0.05, 0) is 25.7 Å².